The Morgan fingerprint density at radius 1 is 0.923 bits per heavy atom. The fraction of sp³-hybridized carbons (Fsp3) is 0.846. The molecular weight excluding hydrogens is 156 g/mol. The Balaban J connectivity index is 3.07. The van der Waals surface area contributed by atoms with Crippen molar-refractivity contribution in [1.82, 2.24) is 0 Å². The van der Waals surface area contributed by atoms with Crippen molar-refractivity contribution in [3.8, 4) is 0 Å². The molecule has 0 bridgehead atoms. The molecule has 0 aromatic carbocycles. The summed E-state index contributed by atoms with van der Waals surface area (Å²) in [7, 11) is 0. The molecule has 0 saturated heterocycles. The van der Waals surface area contributed by atoms with E-state index in [-0.39, 0.29) is 0 Å². The van der Waals surface area contributed by atoms with Gasteiger partial charge in [0, 0.05) is 0 Å². The lowest BCUT2D eigenvalue weighted by Gasteiger charge is -2.14. The van der Waals surface area contributed by atoms with Gasteiger partial charge in [-0.05, 0) is 18.8 Å². The molecule has 0 nitrogen and oxygen atoms in total. The van der Waals surface area contributed by atoms with Gasteiger partial charge < -0.3 is 0 Å². The minimum absolute atomic E-state index is 0.660. The van der Waals surface area contributed by atoms with Crippen molar-refractivity contribution in [3.63, 3.8) is 0 Å². The van der Waals surface area contributed by atoms with E-state index in [1.807, 2.05) is 0 Å². The smallest absolute Gasteiger partial charge is 0.0391 e. The number of unbranched alkanes of at least 4 members (excludes halogenated alkanes) is 5. The molecule has 0 N–H and O–H groups in total. The van der Waals surface area contributed by atoms with Gasteiger partial charge in [0.25, 0.3) is 0 Å². The third-order valence-corrected chi connectivity index (χ3v) is 2.77. The molecule has 0 rings (SSSR count). The van der Waals surface area contributed by atoms with Crippen LogP contribution in [0.3, 0.4) is 0 Å². The van der Waals surface area contributed by atoms with Crippen LogP contribution in [0.25, 0.3) is 0 Å². The van der Waals surface area contributed by atoms with Gasteiger partial charge in [-0.1, -0.05) is 65.7 Å². The highest BCUT2D eigenvalue weighted by Crippen LogP contribution is 2.17. The number of hydrogen-bond donors (Lipinski definition) is 0. The molecule has 13 heavy (non-hydrogen) atoms. The standard InChI is InChI=1S/C13H26/c1-5-6-7-8-9-10-11-13(4)12(2)3/h12-13H,1,4-11H2,2-3H3. The lowest BCUT2D eigenvalue weighted by atomic mass is 9.92. The lowest BCUT2D eigenvalue weighted by molar-refractivity contribution is 0.411. The quantitative estimate of drug-likeness (QED) is 0.479. The molecule has 0 amide bonds. The van der Waals surface area contributed by atoms with Gasteiger partial charge in [-0.2, -0.15) is 0 Å². The van der Waals surface area contributed by atoms with E-state index in [4.69, 9.17) is 0 Å². The second-order valence-corrected chi connectivity index (χ2v) is 4.41. The molecule has 0 spiro atoms. The van der Waals surface area contributed by atoms with Crippen molar-refractivity contribution in [2.24, 2.45) is 11.8 Å². The summed E-state index contributed by atoms with van der Waals surface area (Å²) in [4.78, 5) is 0. The maximum Gasteiger partial charge on any atom is -0.0391 e. The van der Waals surface area contributed by atoms with E-state index in [0.717, 1.165) is 12.3 Å². The third kappa shape index (κ3) is 8.33. The topological polar surface area (TPSA) is 0 Å². The first-order chi connectivity index (χ1) is 6.18. The largest absolute Gasteiger partial charge is 0.0625 e. The van der Waals surface area contributed by atoms with Gasteiger partial charge in [-0.15, -0.1) is 0 Å². The van der Waals surface area contributed by atoms with Crippen LogP contribution in [0.15, 0.2) is 0 Å². The second kappa shape index (κ2) is 8.59. The number of hydrogen-bond acceptors (Lipinski definition) is 0. The summed E-state index contributed by atoms with van der Waals surface area (Å²) in [5, 5.41) is 0. The molecule has 0 aromatic rings. The molecule has 0 aliphatic carbocycles. The van der Waals surface area contributed by atoms with Gasteiger partial charge >= 0.3 is 0 Å². The Kier molecular flexibility index (Phi) is 8.59. The summed E-state index contributed by atoms with van der Waals surface area (Å²) < 4.78 is 0. The van der Waals surface area contributed by atoms with Crippen LogP contribution in [-0.4, -0.2) is 0 Å². The Morgan fingerprint density at radius 3 is 2.00 bits per heavy atom. The number of rotatable bonds is 8. The van der Waals surface area contributed by atoms with E-state index in [1.165, 1.54) is 38.5 Å². The Hall–Kier alpha value is 0. The molecule has 78 valence electrons. The van der Waals surface area contributed by atoms with Crippen LogP contribution >= 0.6 is 0 Å². The first kappa shape index (κ1) is 13.0. The summed E-state index contributed by atoms with van der Waals surface area (Å²) in [5.74, 6) is 1.41. The van der Waals surface area contributed by atoms with Crippen LogP contribution in [0.5, 0.6) is 0 Å². The predicted octanol–water partition coefficient (Wildman–Crippen LogP) is 4.66. The lowest BCUT2D eigenvalue weighted by Crippen LogP contribution is -2.03. The fourth-order valence-electron chi connectivity index (χ4n) is 1.45. The van der Waals surface area contributed by atoms with Crippen molar-refractivity contribution < 1.29 is 0 Å². The van der Waals surface area contributed by atoms with Crippen LogP contribution in [0.1, 0.15) is 58.8 Å². The minimum atomic E-state index is 0.660. The predicted molar refractivity (Wildman–Crippen MR) is 61.4 cm³/mol. The highest BCUT2D eigenvalue weighted by atomic mass is 14.1. The highest BCUT2D eigenvalue weighted by Gasteiger charge is 2.05. The van der Waals surface area contributed by atoms with Gasteiger partial charge in [0.1, 0.15) is 0 Å². The average Bonchev–Trinajstić information content (AvgIpc) is 2.10. The first-order valence-electron chi connectivity index (χ1n) is 5.80. The normalized spacial score (nSPS) is 13.6. The summed E-state index contributed by atoms with van der Waals surface area (Å²) in [6.07, 6.45) is 9.22. The summed E-state index contributed by atoms with van der Waals surface area (Å²) >= 11 is 0. The Morgan fingerprint density at radius 2 is 1.46 bits per heavy atom. The monoisotopic (exact) mass is 182 g/mol. The molecule has 0 heterocycles. The van der Waals surface area contributed by atoms with Gasteiger partial charge in [0.15, 0.2) is 0 Å². The molecule has 1 atom stereocenters. The molecule has 1 unspecified atom stereocenters. The maximum absolute atomic E-state index is 4.16. The molecule has 0 heteroatoms. The van der Waals surface area contributed by atoms with Crippen molar-refractivity contribution in [3.05, 3.63) is 13.8 Å². The van der Waals surface area contributed by atoms with E-state index in [1.54, 1.807) is 0 Å². The van der Waals surface area contributed by atoms with Gasteiger partial charge in [0.05, 0.1) is 0 Å². The van der Waals surface area contributed by atoms with Gasteiger partial charge in [-0.25, -0.2) is 0 Å². The van der Waals surface area contributed by atoms with Gasteiger partial charge in [0.2, 0.25) is 0 Å². The molecule has 0 fully saturated rings. The average molecular weight is 182 g/mol. The maximum atomic E-state index is 4.16. The zero-order chi connectivity index (χ0) is 10.1. The van der Waals surface area contributed by atoms with Crippen molar-refractivity contribution in [2.75, 3.05) is 0 Å². The van der Waals surface area contributed by atoms with E-state index in [0.29, 0.717) is 5.92 Å². The van der Waals surface area contributed by atoms with Crippen LogP contribution in [-0.2, 0) is 0 Å². The molecule has 0 aromatic heterocycles. The van der Waals surface area contributed by atoms with Crippen LogP contribution in [0.4, 0.5) is 0 Å². The SMILES string of the molecule is [CH2]CCCCCCCC([CH2])C(C)C. The molecule has 0 aliphatic heterocycles. The fourth-order valence-corrected chi connectivity index (χ4v) is 1.45. The zero-order valence-corrected chi connectivity index (χ0v) is 9.52. The summed E-state index contributed by atoms with van der Waals surface area (Å²) in [6, 6.07) is 0. The van der Waals surface area contributed by atoms with Crippen LogP contribution in [0, 0.1) is 25.7 Å². The molecule has 0 aliphatic rings. The summed E-state index contributed by atoms with van der Waals surface area (Å²) in [6.45, 7) is 12.5. The van der Waals surface area contributed by atoms with E-state index in [2.05, 4.69) is 27.7 Å². The molecular formula is C13H26. The molecule has 2 radical (unpaired) electrons. The van der Waals surface area contributed by atoms with E-state index < -0.39 is 0 Å². The molecule has 0 saturated carbocycles. The van der Waals surface area contributed by atoms with Crippen molar-refractivity contribution in [2.45, 2.75) is 58.8 Å². The minimum Gasteiger partial charge on any atom is -0.0625 e. The highest BCUT2D eigenvalue weighted by molar-refractivity contribution is 4.64. The zero-order valence-electron chi connectivity index (χ0n) is 9.52. The van der Waals surface area contributed by atoms with Gasteiger partial charge in [-0.3, -0.25) is 0 Å². The first-order valence-corrected chi connectivity index (χ1v) is 5.80. The summed E-state index contributed by atoms with van der Waals surface area (Å²) in [5.41, 5.74) is 0. The third-order valence-electron chi connectivity index (χ3n) is 2.77. The Labute approximate surface area is 85.1 Å². The van der Waals surface area contributed by atoms with E-state index in [9.17, 15) is 0 Å². The van der Waals surface area contributed by atoms with Crippen LogP contribution < -0.4 is 0 Å². The Bertz CT molecular complexity index is 94.2. The second-order valence-electron chi connectivity index (χ2n) is 4.41. The van der Waals surface area contributed by atoms with E-state index >= 15 is 0 Å². The van der Waals surface area contributed by atoms with Crippen molar-refractivity contribution >= 4 is 0 Å². The van der Waals surface area contributed by atoms with Crippen molar-refractivity contribution in [1.29, 1.82) is 0 Å². The van der Waals surface area contributed by atoms with Crippen LogP contribution in [0.2, 0.25) is 0 Å².